The van der Waals surface area contributed by atoms with Crippen LogP contribution in [0.25, 0.3) is 27.8 Å². The Morgan fingerprint density at radius 2 is 1.83 bits per heavy atom. The number of amides is 1. The number of ether oxygens (including phenoxy) is 1. The number of piperidine rings is 1. The first-order valence-corrected chi connectivity index (χ1v) is 11.2. The number of nitrogens with one attached hydrogen (secondary N) is 1. The van der Waals surface area contributed by atoms with E-state index in [4.69, 9.17) is 4.74 Å². The number of aromatic nitrogens is 4. The van der Waals surface area contributed by atoms with Crippen LogP contribution in [0, 0.1) is 5.82 Å². The number of carbonyl (C=O) groups excluding carboxylic acids is 2. The fourth-order valence-electron chi connectivity index (χ4n) is 4.23. The second kappa shape index (κ2) is 9.13. The molecule has 2 aromatic heterocycles. The topological polar surface area (TPSA) is 110 Å². The molecule has 0 unspecified atom stereocenters. The third kappa shape index (κ3) is 4.68. The van der Waals surface area contributed by atoms with Crippen molar-refractivity contribution in [2.45, 2.75) is 25.9 Å². The number of likely N-dealkylation sites (tertiary alicyclic amines) is 1. The first kappa shape index (κ1) is 22.5. The molecule has 10 heteroatoms. The molecule has 0 atom stereocenters. The summed E-state index contributed by atoms with van der Waals surface area (Å²) in [5, 5.41) is 8.75. The number of halogens is 1. The Bertz CT molecular complexity index is 1470. The lowest BCUT2D eigenvalue weighted by Gasteiger charge is -2.31. The normalized spacial score (nSPS) is 14.3. The van der Waals surface area contributed by atoms with E-state index in [9.17, 15) is 18.8 Å². The number of pyridine rings is 1. The van der Waals surface area contributed by atoms with Gasteiger partial charge in [-0.2, -0.15) is 0 Å². The average molecular weight is 475 g/mol. The molecular formula is C25H22FN5O4. The van der Waals surface area contributed by atoms with E-state index in [1.54, 1.807) is 41.4 Å². The van der Waals surface area contributed by atoms with Gasteiger partial charge in [-0.15, -0.1) is 5.10 Å². The number of hydrogen-bond donors (Lipinski definition) is 1. The molecule has 0 radical (unpaired) electrons. The van der Waals surface area contributed by atoms with Gasteiger partial charge in [0, 0.05) is 49.3 Å². The molecule has 0 aliphatic carbocycles. The molecule has 178 valence electrons. The highest BCUT2D eigenvalue weighted by Gasteiger charge is 2.25. The van der Waals surface area contributed by atoms with E-state index in [1.807, 2.05) is 0 Å². The number of carbonyl (C=O) groups is 2. The summed E-state index contributed by atoms with van der Waals surface area (Å²) in [6.07, 6.45) is 2.69. The van der Waals surface area contributed by atoms with Crippen LogP contribution in [0.2, 0.25) is 0 Å². The average Bonchev–Trinajstić information content (AvgIpc) is 3.34. The number of benzene rings is 2. The zero-order valence-corrected chi connectivity index (χ0v) is 18.9. The Morgan fingerprint density at radius 1 is 1.09 bits per heavy atom. The van der Waals surface area contributed by atoms with Crippen molar-refractivity contribution >= 4 is 22.8 Å². The van der Waals surface area contributed by atoms with E-state index in [0.29, 0.717) is 53.8 Å². The van der Waals surface area contributed by atoms with Crippen molar-refractivity contribution < 1.29 is 18.7 Å². The molecule has 1 aliphatic heterocycles. The van der Waals surface area contributed by atoms with Crippen LogP contribution in [-0.2, 0) is 9.53 Å². The van der Waals surface area contributed by atoms with Gasteiger partial charge in [0.2, 0.25) is 0 Å². The van der Waals surface area contributed by atoms with Crippen LogP contribution in [-0.4, -0.2) is 55.9 Å². The predicted octanol–water partition coefficient (Wildman–Crippen LogP) is 3.08. The third-order valence-electron chi connectivity index (χ3n) is 6.02. The van der Waals surface area contributed by atoms with Crippen molar-refractivity contribution in [2.24, 2.45) is 0 Å². The van der Waals surface area contributed by atoms with Crippen molar-refractivity contribution in [1.29, 1.82) is 0 Å². The maximum atomic E-state index is 13.6. The minimum atomic E-state index is -0.400. The minimum absolute atomic E-state index is 0.0907. The van der Waals surface area contributed by atoms with E-state index in [1.165, 1.54) is 29.8 Å². The Hall–Kier alpha value is -4.34. The summed E-state index contributed by atoms with van der Waals surface area (Å²) < 4.78 is 20.3. The lowest BCUT2D eigenvalue weighted by molar-refractivity contribution is -0.148. The summed E-state index contributed by atoms with van der Waals surface area (Å²) in [5.74, 6) is -0.796. The van der Waals surface area contributed by atoms with Gasteiger partial charge in [0.05, 0.1) is 17.4 Å². The van der Waals surface area contributed by atoms with Crippen molar-refractivity contribution in [3.05, 3.63) is 76.5 Å². The number of hydrogen-bond acceptors (Lipinski definition) is 6. The quantitative estimate of drug-likeness (QED) is 0.454. The summed E-state index contributed by atoms with van der Waals surface area (Å²) >= 11 is 0. The van der Waals surface area contributed by atoms with E-state index in [-0.39, 0.29) is 29.1 Å². The van der Waals surface area contributed by atoms with Crippen LogP contribution in [0.1, 0.15) is 30.1 Å². The highest BCUT2D eigenvalue weighted by atomic mass is 19.1. The van der Waals surface area contributed by atoms with Gasteiger partial charge in [-0.05, 0) is 48.5 Å². The maximum absolute atomic E-state index is 13.6. The van der Waals surface area contributed by atoms with Gasteiger partial charge >= 0.3 is 5.97 Å². The van der Waals surface area contributed by atoms with Crippen molar-refractivity contribution in [1.82, 2.24) is 24.9 Å². The first-order chi connectivity index (χ1) is 16.9. The smallest absolute Gasteiger partial charge is 0.302 e. The molecule has 35 heavy (non-hydrogen) atoms. The highest BCUT2D eigenvalue weighted by molar-refractivity contribution is 5.94. The second-order valence-corrected chi connectivity index (χ2v) is 8.44. The Balaban J connectivity index is 1.31. The molecule has 2 aromatic carbocycles. The van der Waals surface area contributed by atoms with Gasteiger partial charge in [-0.25, -0.2) is 9.07 Å². The number of fused-ring (bicyclic) bond motifs is 1. The molecule has 0 saturated carbocycles. The fourth-order valence-corrected chi connectivity index (χ4v) is 4.23. The summed E-state index contributed by atoms with van der Waals surface area (Å²) in [5.41, 5.74) is 2.00. The summed E-state index contributed by atoms with van der Waals surface area (Å²) in [6, 6.07) is 12.6. The number of H-pyrrole nitrogens is 1. The zero-order valence-electron chi connectivity index (χ0n) is 18.9. The van der Waals surface area contributed by atoms with Crippen molar-refractivity contribution in [3.8, 4) is 16.9 Å². The van der Waals surface area contributed by atoms with E-state index in [2.05, 4.69) is 15.3 Å². The standard InChI is InChI=1S/C25H22FN5O4/c1-15(32)35-20-8-10-30(11-9-20)25(34)16-2-5-19(6-3-16)31-14-23(28-29-31)21-13-17-12-18(26)4-7-22(17)27-24(21)33/h2-7,12-14,20H,8-11H2,1H3,(H,27,33). The number of esters is 1. The number of aromatic amines is 1. The molecule has 0 bridgehead atoms. The molecule has 3 heterocycles. The van der Waals surface area contributed by atoms with Gasteiger partial charge in [0.25, 0.3) is 11.5 Å². The molecule has 1 amide bonds. The Kier molecular flexibility index (Phi) is 5.86. The van der Waals surface area contributed by atoms with E-state index < -0.39 is 5.82 Å². The molecule has 4 aromatic rings. The lowest BCUT2D eigenvalue weighted by Crippen LogP contribution is -2.41. The Labute approximate surface area is 199 Å². The van der Waals surface area contributed by atoms with Crippen LogP contribution < -0.4 is 5.56 Å². The first-order valence-electron chi connectivity index (χ1n) is 11.2. The van der Waals surface area contributed by atoms with Crippen LogP contribution in [0.5, 0.6) is 0 Å². The largest absolute Gasteiger partial charge is 0.462 e. The minimum Gasteiger partial charge on any atom is -0.462 e. The van der Waals surface area contributed by atoms with Crippen molar-refractivity contribution in [3.63, 3.8) is 0 Å². The molecule has 1 saturated heterocycles. The lowest BCUT2D eigenvalue weighted by atomic mass is 10.1. The molecule has 0 spiro atoms. The van der Waals surface area contributed by atoms with Crippen LogP contribution >= 0.6 is 0 Å². The van der Waals surface area contributed by atoms with E-state index in [0.717, 1.165) is 0 Å². The summed E-state index contributed by atoms with van der Waals surface area (Å²) in [6.45, 7) is 2.43. The van der Waals surface area contributed by atoms with Gasteiger partial charge in [-0.3, -0.25) is 14.4 Å². The fraction of sp³-hybridized carbons (Fsp3) is 0.240. The molecule has 9 nitrogen and oxygen atoms in total. The highest BCUT2D eigenvalue weighted by Crippen LogP contribution is 2.21. The predicted molar refractivity (Wildman–Crippen MR) is 126 cm³/mol. The third-order valence-corrected chi connectivity index (χ3v) is 6.02. The van der Waals surface area contributed by atoms with E-state index >= 15 is 0 Å². The maximum Gasteiger partial charge on any atom is 0.302 e. The van der Waals surface area contributed by atoms with Gasteiger partial charge in [-0.1, -0.05) is 5.21 Å². The molecular weight excluding hydrogens is 453 g/mol. The molecule has 5 rings (SSSR count). The summed E-state index contributed by atoms with van der Waals surface area (Å²) in [7, 11) is 0. The van der Waals surface area contributed by atoms with Crippen LogP contribution in [0.3, 0.4) is 0 Å². The molecule has 1 fully saturated rings. The monoisotopic (exact) mass is 475 g/mol. The van der Waals surface area contributed by atoms with Gasteiger partial charge in [0.1, 0.15) is 17.6 Å². The van der Waals surface area contributed by atoms with Crippen LogP contribution in [0.4, 0.5) is 4.39 Å². The zero-order chi connectivity index (χ0) is 24.5. The number of rotatable bonds is 4. The molecule has 1 aliphatic rings. The Morgan fingerprint density at radius 3 is 2.54 bits per heavy atom. The van der Waals surface area contributed by atoms with Gasteiger partial charge < -0.3 is 14.6 Å². The summed E-state index contributed by atoms with van der Waals surface area (Å²) in [4.78, 5) is 41.0. The van der Waals surface area contributed by atoms with Crippen LogP contribution in [0.15, 0.2) is 59.5 Å². The second-order valence-electron chi connectivity index (χ2n) is 8.44. The SMILES string of the molecule is CC(=O)OC1CCN(C(=O)c2ccc(-n3cc(-c4cc5cc(F)ccc5[nH]c4=O)nn3)cc2)CC1. The molecule has 1 N–H and O–H groups in total. The number of nitrogens with zero attached hydrogens (tertiary/aromatic N) is 4. The van der Waals surface area contributed by atoms with Crippen molar-refractivity contribution in [2.75, 3.05) is 13.1 Å². The van der Waals surface area contributed by atoms with Gasteiger partial charge in [0.15, 0.2) is 0 Å².